The molecule has 0 nitrogen and oxygen atoms in total. The van der Waals surface area contributed by atoms with Crippen molar-refractivity contribution in [2.24, 2.45) is 0 Å². The molecule has 0 rings (SSSR count). The topological polar surface area (TPSA) is 0 Å². The first-order valence-corrected chi connectivity index (χ1v) is 6.93. The Labute approximate surface area is 117 Å². The maximum atomic E-state index is 2.81. The highest BCUT2D eigenvalue weighted by molar-refractivity contribution is 6.08. The summed E-state index contributed by atoms with van der Waals surface area (Å²) in [5, 5.41) is 1.29. The van der Waals surface area contributed by atoms with Gasteiger partial charge in [0.25, 0.3) is 0 Å². The van der Waals surface area contributed by atoms with E-state index >= 15 is 0 Å². The summed E-state index contributed by atoms with van der Waals surface area (Å²) >= 11 is 2.81. The molecular weight excluding hydrogens is 242 g/mol. The van der Waals surface area contributed by atoms with Crippen LogP contribution in [0.1, 0.15) is 71.1 Å². The van der Waals surface area contributed by atoms with E-state index in [2.05, 4.69) is 23.2 Å². The third kappa shape index (κ3) is 21.0. The predicted octanol–water partition coefficient (Wildman–Crippen LogP) is 5.34. The van der Waals surface area contributed by atoms with Gasteiger partial charge in [0.05, 0.1) is 0 Å². The third-order valence-corrected chi connectivity index (χ3v) is 2.97. The van der Waals surface area contributed by atoms with Crippen LogP contribution < -0.4 is 0 Å². The Kier molecular flexibility index (Phi) is 29.3. The van der Waals surface area contributed by atoms with Gasteiger partial charge in [-0.2, -0.15) is 0 Å². The molecule has 15 heavy (non-hydrogen) atoms. The summed E-state index contributed by atoms with van der Waals surface area (Å²) in [6, 6.07) is 0. The molecule has 0 aromatic heterocycles. The summed E-state index contributed by atoms with van der Waals surface area (Å²) < 4.78 is 0. The molecule has 0 aliphatic carbocycles. The maximum absolute atomic E-state index is 2.81. The molecule has 0 aliphatic heterocycles. The molecule has 0 N–H and O–H groups in total. The maximum Gasteiger partial charge on any atom is 0.118 e. The summed E-state index contributed by atoms with van der Waals surface area (Å²) in [7, 11) is 0. The van der Waals surface area contributed by atoms with Crippen LogP contribution in [-0.2, 0) is 0 Å². The number of hydrogen-bond donors (Lipinski definition) is 0. The van der Waals surface area contributed by atoms with Crippen LogP contribution in [0.3, 0.4) is 0 Å². The van der Waals surface area contributed by atoms with Gasteiger partial charge in [0.15, 0.2) is 0 Å². The molecule has 0 aliphatic rings. The monoisotopic (exact) mass is 268 g/mol. The zero-order valence-electron chi connectivity index (χ0n) is 10.2. The second-order valence-electron chi connectivity index (χ2n) is 3.97. The Morgan fingerprint density at radius 2 is 0.933 bits per heavy atom. The minimum atomic E-state index is 0. The van der Waals surface area contributed by atoms with Crippen molar-refractivity contribution < 1.29 is 0 Å². The molecule has 0 bridgehead atoms. The Morgan fingerprint density at radius 3 is 1.27 bits per heavy atom. The highest BCUT2D eigenvalue weighted by atomic mass is 35.5. The molecule has 3 heteroatoms. The quantitative estimate of drug-likeness (QED) is 0.371. The van der Waals surface area contributed by atoms with Gasteiger partial charge in [-0.1, -0.05) is 71.1 Å². The molecule has 0 fully saturated rings. The standard InChI is InChI=1S/C12H25.Al.2ClH/c1-3-5-7-9-11-12-10-8-6-4-2;;;/h1,3-12H2,2H3;;2*1H. The van der Waals surface area contributed by atoms with E-state index in [0.29, 0.717) is 0 Å². The smallest absolute Gasteiger partial charge is 0.118 e. The SMILES string of the molecule is CCCCCCCCCCC[CH2][Al].Cl.Cl. The van der Waals surface area contributed by atoms with Gasteiger partial charge in [-0.15, -0.1) is 30.1 Å². The van der Waals surface area contributed by atoms with Gasteiger partial charge in [-0.3, -0.25) is 0 Å². The van der Waals surface area contributed by atoms with Crippen molar-refractivity contribution in [3.05, 3.63) is 0 Å². The normalized spacial score (nSPS) is 9.13. The van der Waals surface area contributed by atoms with Crippen molar-refractivity contribution in [3.63, 3.8) is 0 Å². The Hall–Kier alpha value is 1.11. The van der Waals surface area contributed by atoms with E-state index in [1.165, 1.54) is 69.5 Å². The van der Waals surface area contributed by atoms with Gasteiger partial charge >= 0.3 is 0 Å². The fourth-order valence-corrected chi connectivity index (χ4v) is 1.92. The first kappa shape index (κ1) is 21.4. The molecule has 0 saturated carbocycles. The van der Waals surface area contributed by atoms with Crippen LogP contribution in [0.5, 0.6) is 0 Å². The molecule has 0 amide bonds. The lowest BCUT2D eigenvalue weighted by atomic mass is 10.1. The van der Waals surface area contributed by atoms with Gasteiger partial charge in [-0.25, -0.2) is 0 Å². The number of unbranched alkanes of at least 4 members (excludes halogenated alkanes) is 9. The second kappa shape index (κ2) is 20.5. The molecule has 0 atom stereocenters. The van der Waals surface area contributed by atoms with Crippen LogP contribution in [0.2, 0.25) is 5.28 Å². The molecule has 0 aromatic carbocycles. The largest absolute Gasteiger partial charge is 0.147 e. The summed E-state index contributed by atoms with van der Waals surface area (Å²) in [5.41, 5.74) is 0. The first-order chi connectivity index (χ1) is 6.41. The first-order valence-electron chi connectivity index (χ1n) is 6.12. The average molecular weight is 269 g/mol. The molecule has 0 unspecified atom stereocenters. The zero-order valence-corrected chi connectivity index (χ0v) is 13.0. The summed E-state index contributed by atoms with van der Waals surface area (Å²) in [5.74, 6) is 0. The molecule has 0 spiro atoms. The van der Waals surface area contributed by atoms with Crippen molar-refractivity contribution in [3.8, 4) is 0 Å². The fourth-order valence-electron chi connectivity index (χ4n) is 1.63. The van der Waals surface area contributed by atoms with E-state index in [-0.39, 0.29) is 24.8 Å². The van der Waals surface area contributed by atoms with Crippen LogP contribution in [0.4, 0.5) is 0 Å². The van der Waals surface area contributed by atoms with Crippen LogP contribution in [-0.4, -0.2) is 16.3 Å². The van der Waals surface area contributed by atoms with Crippen molar-refractivity contribution in [2.75, 3.05) is 0 Å². The van der Waals surface area contributed by atoms with Crippen molar-refractivity contribution in [1.82, 2.24) is 0 Å². The Bertz CT molecular complexity index is 79.7. The van der Waals surface area contributed by atoms with E-state index in [1.807, 2.05) is 0 Å². The third-order valence-electron chi connectivity index (χ3n) is 2.56. The van der Waals surface area contributed by atoms with Crippen LogP contribution in [0.25, 0.3) is 0 Å². The number of hydrogen-bond acceptors (Lipinski definition) is 0. The van der Waals surface area contributed by atoms with E-state index < -0.39 is 0 Å². The lowest BCUT2D eigenvalue weighted by Crippen LogP contribution is -1.81. The molecule has 0 heterocycles. The van der Waals surface area contributed by atoms with E-state index in [1.54, 1.807) is 0 Å². The van der Waals surface area contributed by atoms with Crippen molar-refractivity contribution in [1.29, 1.82) is 0 Å². The van der Waals surface area contributed by atoms with Crippen molar-refractivity contribution in [2.45, 2.75) is 76.4 Å². The number of halogens is 2. The van der Waals surface area contributed by atoms with Gasteiger partial charge in [0, 0.05) is 0 Å². The highest BCUT2D eigenvalue weighted by Gasteiger charge is 1.90. The van der Waals surface area contributed by atoms with Gasteiger partial charge in [-0.05, 0) is 0 Å². The minimum Gasteiger partial charge on any atom is -0.147 e. The molecule has 92 valence electrons. The van der Waals surface area contributed by atoms with E-state index in [4.69, 9.17) is 0 Å². The molecule has 0 saturated heterocycles. The van der Waals surface area contributed by atoms with E-state index in [0.717, 1.165) is 0 Å². The summed E-state index contributed by atoms with van der Waals surface area (Å²) in [6.07, 6.45) is 14.5. The number of rotatable bonds is 10. The predicted molar refractivity (Wildman–Crippen MR) is 76.9 cm³/mol. The Balaban J connectivity index is -0.000000720. The van der Waals surface area contributed by atoms with Gasteiger partial charge in [0.1, 0.15) is 16.3 Å². The second-order valence-corrected chi connectivity index (χ2v) is 4.55. The lowest BCUT2D eigenvalue weighted by Gasteiger charge is -2.00. The fraction of sp³-hybridized carbons (Fsp3) is 1.00. The van der Waals surface area contributed by atoms with Crippen LogP contribution in [0.15, 0.2) is 0 Å². The average Bonchev–Trinajstić information content (AvgIpc) is 2.16. The molecule has 0 aromatic rings. The molecule has 2 radical (unpaired) electrons. The highest BCUT2D eigenvalue weighted by Crippen LogP contribution is 2.10. The lowest BCUT2D eigenvalue weighted by molar-refractivity contribution is 0.562. The van der Waals surface area contributed by atoms with Crippen molar-refractivity contribution >= 4 is 41.1 Å². The van der Waals surface area contributed by atoms with Crippen LogP contribution >= 0.6 is 24.8 Å². The van der Waals surface area contributed by atoms with Gasteiger partial charge in [0.2, 0.25) is 0 Å². The molecular formula is C12H27AlCl2. The van der Waals surface area contributed by atoms with E-state index in [9.17, 15) is 0 Å². The van der Waals surface area contributed by atoms with Crippen LogP contribution in [0, 0.1) is 0 Å². The summed E-state index contributed by atoms with van der Waals surface area (Å²) in [6.45, 7) is 2.28. The van der Waals surface area contributed by atoms with Gasteiger partial charge < -0.3 is 0 Å². The zero-order chi connectivity index (χ0) is 9.78. The Morgan fingerprint density at radius 1 is 0.600 bits per heavy atom. The summed E-state index contributed by atoms with van der Waals surface area (Å²) in [4.78, 5) is 0. The minimum absolute atomic E-state index is 0.